The van der Waals surface area contributed by atoms with Crippen LogP contribution in [0, 0.1) is 25.2 Å². The quantitative estimate of drug-likeness (QED) is 0.636. The maximum atomic E-state index is 5.91. The Hall–Kier alpha value is -0.860. The van der Waals surface area contributed by atoms with E-state index in [0.717, 1.165) is 0 Å². The van der Waals surface area contributed by atoms with Gasteiger partial charge in [-0.15, -0.1) is 0 Å². The average molecular weight is 260 g/mol. The molecule has 2 rings (SSSR count). The van der Waals surface area contributed by atoms with Crippen LogP contribution in [-0.4, -0.2) is 0 Å². The predicted octanol–water partition coefficient (Wildman–Crippen LogP) is 4.02. The van der Waals surface area contributed by atoms with Crippen LogP contribution in [0.25, 0.3) is 0 Å². The van der Waals surface area contributed by atoms with Crippen molar-refractivity contribution in [3.63, 3.8) is 0 Å². The lowest BCUT2D eigenvalue weighted by molar-refractivity contribution is 0.0980. The van der Waals surface area contributed by atoms with Crippen molar-refractivity contribution in [1.82, 2.24) is 5.43 Å². The molecule has 2 atom stereocenters. The monoisotopic (exact) mass is 260 g/mol. The number of rotatable bonds is 3. The molecule has 2 nitrogen and oxygen atoms in total. The lowest BCUT2D eigenvalue weighted by Gasteiger charge is -2.43. The number of aryl methyl sites for hydroxylation is 2. The van der Waals surface area contributed by atoms with E-state index in [0.29, 0.717) is 11.3 Å². The van der Waals surface area contributed by atoms with Gasteiger partial charge in [0.05, 0.1) is 0 Å². The number of nitrogens with two attached hydrogens (primary N) is 1. The van der Waals surface area contributed by atoms with Gasteiger partial charge in [-0.1, -0.05) is 50.5 Å². The van der Waals surface area contributed by atoms with E-state index in [1.54, 1.807) is 0 Å². The van der Waals surface area contributed by atoms with E-state index >= 15 is 0 Å². The molecule has 0 radical (unpaired) electrons. The van der Waals surface area contributed by atoms with Crippen LogP contribution in [0.1, 0.15) is 62.3 Å². The van der Waals surface area contributed by atoms with Crippen LogP contribution >= 0.6 is 0 Å². The highest BCUT2D eigenvalue weighted by Gasteiger charge is 2.38. The van der Waals surface area contributed by atoms with E-state index in [2.05, 4.69) is 51.3 Å². The Labute approximate surface area is 117 Å². The third-order valence-corrected chi connectivity index (χ3v) is 4.93. The molecule has 1 aromatic carbocycles. The largest absolute Gasteiger partial charge is 0.271 e. The topological polar surface area (TPSA) is 38.0 Å². The molecule has 0 amide bonds. The van der Waals surface area contributed by atoms with E-state index in [1.807, 2.05) is 0 Å². The van der Waals surface area contributed by atoms with Gasteiger partial charge in [0.1, 0.15) is 0 Å². The van der Waals surface area contributed by atoms with Crippen molar-refractivity contribution in [1.29, 1.82) is 0 Å². The summed E-state index contributed by atoms with van der Waals surface area (Å²) in [5.41, 5.74) is 7.51. The van der Waals surface area contributed by atoms with Gasteiger partial charge >= 0.3 is 0 Å². The Morgan fingerprint density at radius 2 is 2.00 bits per heavy atom. The minimum Gasteiger partial charge on any atom is -0.271 e. The molecule has 0 aromatic heterocycles. The normalized spacial score (nSPS) is 24.2. The van der Waals surface area contributed by atoms with Gasteiger partial charge in [-0.05, 0) is 49.1 Å². The van der Waals surface area contributed by atoms with Crippen molar-refractivity contribution < 1.29 is 0 Å². The number of nitrogens with one attached hydrogen (secondary N) is 1. The fraction of sp³-hybridized carbons (Fsp3) is 0.647. The highest BCUT2D eigenvalue weighted by molar-refractivity contribution is 5.33. The summed E-state index contributed by atoms with van der Waals surface area (Å²) >= 11 is 0. The third kappa shape index (κ3) is 3.01. The van der Waals surface area contributed by atoms with E-state index < -0.39 is 0 Å². The molecule has 3 N–H and O–H groups in total. The molecular formula is C17H28N2. The molecule has 0 bridgehead atoms. The van der Waals surface area contributed by atoms with Gasteiger partial charge in [-0.25, -0.2) is 0 Å². The Morgan fingerprint density at radius 3 is 2.58 bits per heavy atom. The molecular weight excluding hydrogens is 232 g/mol. The summed E-state index contributed by atoms with van der Waals surface area (Å²) in [7, 11) is 0. The number of hydrogen-bond acceptors (Lipinski definition) is 2. The summed E-state index contributed by atoms with van der Waals surface area (Å²) in [6.07, 6.45) is 5.26. The van der Waals surface area contributed by atoms with Crippen LogP contribution in [-0.2, 0) is 0 Å². The zero-order valence-corrected chi connectivity index (χ0v) is 12.8. The van der Waals surface area contributed by atoms with Crippen LogP contribution < -0.4 is 11.3 Å². The second-order valence-corrected chi connectivity index (χ2v) is 6.85. The standard InChI is InChI=1S/C17H28N2/c1-12-8-9-14(13(2)11-12)16(19-18)15-7-5-6-10-17(15,3)4/h8-9,11,15-16,19H,5-7,10,18H2,1-4H3. The molecule has 1 saturated carbocycles. The van der Waals surface area contributed by atoms with Crippen LogP contribution in [0.4, 0.5) is 0 Å². The van der Waals surface area contributed by atoms with Crippen molar-refractivity contribution >= 4 is 0 Å². The van der Waals surface area contributed by atoms with Gasteiger partial charge in [-0.3, -0.25) is 11.3 Å². The Kier molecular flexibility index (Phi) is 4.32. The highest BCUT2D eigenvalue weighted by Crippen LogP contribution is 2.46. The number of hydrazine groups is 1. The second kappa shape index (κ2) is 5.64. The van der Waals surface area contributed by atoms with Crippen molar-refractivity contribution in [2.45, 2.75) is 59.4 Å². The lowest BCUT2D eigenvalue weighted by Crippen LogP contribution is -2.42. The van der Waals surface area contributed by atoms with Gasteiger partial charge in [0.25, 0.3) is 0 Å². The molecule has 19 heavy (non-hydrogen) atoms. The smallest absolute Gasteiger partial charge is 0.0495 e. The summed E-state index contributed by atoms with van der Waals surface area (Å²) < 4.78 is 0. The van der Waals surface area contributed by atoms with Crippen molar-refractivity contribution in [2.75, 3.05) is 0 Å². The fourth-order valence-corrected chi connectivity index (χ4v) is 3.74. The summed E-state index contributed by atoms with van der Waals surface area (Å²) in [6.45, 7) is 9.13. The predicted molar refractivity (Wildman–Crippen MR) is 81.7 cm³/mol. The lowest BCUT2D eigenvalue weighted by atomic mass is 9.64. The summed E-state index contributed by atoms with van der Waals surface area (Å²) in [4.78, 5) is 0. The first-order valence-electron chi connectivity index (χ1n) is 7.49. The van der Waals surface area contributed by atoms with Crippen LogP contribution in [0.2, 0.25) is 0 Å². The minimum absolute atomic E-state index is 0.274. The molecule has 1 aliphatic rings. The molecule has 0 aliphatic heterocycles. The summed E-state index contributed by atoms with van der Waals surface area (Å²) in [6, 6.07) is 6.98. The molecule has 0 spiro atoms. The first-order valence-corrected chi connectivity index (χ1v) is 7.49. The average Bonchev–Trinajstić information content (AvgIpc) is 2.34. The SMILES string of the molecule is Cc1ccc(C(NN)C2CCCCC2(C)C)c(C)c1. The number of benzene rings is 1. The molecule has 2 unspecified atom stereocenters. The van der Waals surface area contributed by atoms with Gasteiger partial charge in [-0.2, -0.15) is 0 Å². The zero-order chi connectivity index (χ0) is 14.0. The molecule has 1 aromatic rings. The van der Waals surface area contributed by atoms with E-state index in [1.165, 1.54) is 42.4 Å². The second-order valence-electron chi connectivity index (χ2n) is 6.85. The minimum atomic E-state index is 0.274. The molecule has 1 fully saturated rings. The molecule has 106 valence electrons. The third-order valence-electron chi connectivity index (χ3n) is 4.93. The Bertz CT molecular complexity index is 437. The van der Waals surface area contributed by atoms with E-state index in [9.17, 15) is 0 Å². The van der Waals surface area contributed by atoms with Crippen LogP contribution in [0.5, 0.6) is 0 Å². The fourth-order valence-electron chi connectivity index (χ4n) is 3.74. The highest BCUT2D eigenvalue weighted by atomic mass is 15.2. The molecule has 0 heterocycles. The molecule has 2 heteroatoms. The van der Waals surface area contributed by atoms with E-state index in [-0.39, 0.29) is 6.04 Å². The van der Waals surface area contributed by atoms with Gasteiger partial charge in [0, 0.05) is 6.04 Å². The van der Waals surface area contributed by atoms with Crippen molar-refractivity contribution in [2.24, 2.45) is 17.2 Å². The van der Waals surface area contributed by atoms with E-state index in [4.69, 9.17) is 5.84 Å². The molecule has 0 saturated heterocycles. The van der Waals surface area contributed by atoms with Crippen molar-refractivity contribution in [3.8, 4) is 0 Å². The maximum Gasteiger partial charge on any atom is 0.0495 e. The maximum absolute atomic E-state index is 5.91. The van der Waals surface area contributed by atoms with Gasteiger partial charge in [0.2, 0.25) is 0 Å². The summed E-state index contributed by atoms with van der Waals surface area (Å²) in [5.74, 6) is 6.53. The molecule has 1 aliphatic carbocycles. The van der Waals surface area contributed by atoms with Gasteiger partial charge in [0.15, 0.2) is 0 Å². The zero-order valence-electron chi connectivity index (χ0n) is 12.8. The van der Waals surface area contributed by atoms with Crippen molar-refractivity contribution in [3.05, 3.63) is 34.9 Å². The van der Waals surface area contributed by atoms with Crippen LogP contribution in [0.3, 0.4) is 0 Å². The first kappa shape index (κ1) is 14.5. The Balaban J connectivity index is 2.33. The number of hydrogen-bond donors (Lipinski definition) is 2. The first-order chi connectivity index (χ1) is 8.95. The van der Waals surface area contributed by atoms with Crippen LogP contribution in [0.15, 0.2) is 18.2 Å². The van der Waals surface area contributed by atoms with Gasteiger partial charge < -0.3 is 0 Å². The summed E-state index contributed by atoms with van der Waals surface area (Å²) in [5, 5.41) is 0. The Morgan fingerprint density at radius 1 is 1.26 bits per heavy atom.